The number of nitrogens with zero attached hydrogens (tertiary/aromatic N) is 6. The highest BCUT2D eigenvalue weighted by atomic mass is 16.6. The van der Waals surface area contributed by atoms with E-state index in [4.69, 9.17) is 14.2 Å². The van der Waals surface area contributed by atoms with Crippen LogP contribution in [0, 0.1) is 22.7 Å². The summed E-state index contributed by atoms with van der Waals surface area (Å²) in [6.45, 7) is 19.3. The van der Waals surface area contributed by atoms with Gasteiger partial charge in [-0.3, -0.25) is 19.2 Å². The number of ether oxygens (including phenoxy) is 3. The normalized spacial score (nSPS) is 22.6. The van der Waals surface area contributed by atoms with E-state index in [1.807, 2.05) is 30.1 Å². The van der Waals surface area contributed by atoms with Gasteiger partial charge in [-0.15, -0.1) is 10.2 Å². The van der Waals surface area contributed by atoms with Crippen molar-refractivity contribution < 1.29 is 38.5 Å². The highest BCUT2D eigenvalue weighted by molar-refractivity contribution is 5.71. The van der Waals surface area contributed by atoms with Crippen LogP contribution in [0.1, 0.15) is 224 Å². The molecule has 6 rings (SSSR count). The molecule has 2 atom stereocenters. The Hall–Kier alpha value is -3.84. The Balaban J connectivity index is 0.000000230. The molecule has 2 aromatic heterocycles. The lowest BCUT2D eigenvalue weighted by Gasteiger charge is -2.38. The van der Waals surface area contributed by atoms with E-state index in [0.29, 0.717) is 47.3 Å². The lowest BCUT2D eigenvalue weighted by Crippen LogP contribution is -2.28. The van der Waals surface area contributed by atoms with Crippen LogP contribution < -0.4 is 0 Å². The molecular weight excluding hydrogens is 765 g/mol. The highest BCUT2D eigenvalue weighted by Gasteiger charge is 2.43. The van der Waals surface area contributed by atoms with Gasteiger partial charge in [-0.2, -0.15) is 0 Å². The van der Waals surface area contributed by atoms with Crippen molar-refractivity contribution in [1.82, 2.24) is 30.0 Å². The summed E-state index contributed by atoms with van der Waals surface area (Å²) >= 11 is 0. The molecule has 4 saturated carbocycles. The van der Waals surface area contributed by atoms with Crippen LogP contribution in [-0.2, 0) is 33.4 Å². The van der Waals surface area contributed by atoms with Crippen molar-refractivity contribution in [3.05, 3.63) is 22.8 Å². The molecular formula is C46H74N6O8. The summed E-state index contributed by atoms with van der Waals surface area (Å²) in [5, 5.41) is 27.4. The van der Waals surface area contributed by atoms with Crippen molar-refractivity contribution in [1.29, 1.82) is 0 Å². The Bertz CT molecular complexity index is 1780. The molecule has 14 nitrogen and oxygen atoms in total. The average molecular weight is 839 g/mol. The molecule has 0 radical (unpaired) electrons. The fourth-order valence-corrected chi connectivity index (χ4v) is 9.41. The van der Waals surface area contributed by atoms with Crippen molar-refractivity contribution in [2.75, 3.05) is 14.2 Å². The fourth-order valence-electron chi connectivity index (χ4n) is 9.41. The van der Waals surface area contributed by atoms with Crippen molar-refractivity contribution in [3.63, 3.8) is 0 Å². The maximum Gasteiger partial charge on any atom is 0.308 e. The molecule has 2 aromatic rings. The number of methoxy groups -OCH3 is 2. The number of carboxylic acid groups (broad SMARTS) is 1. The van der Waals surface area contributed by atoms with E-state index in [1.165, 1.54) is 32.8 Å². The molecule has 0 bridgehead atoms. The van der Waals surface area contributed by atoms with Crippen LogP contribution in [0.25, 0.3) is 0 Å². The summed E-state index contributed by atoms with van der Waals surface area (Å²) in [6.07, 6.45) is 13.0. The second-order valence-electron chi connectivity index (χ2n) is 21.7. The summed E-state index contributed by atoms with van der Waals surface area (Å²) in [4.78, 5) is 47.4. The smallest absolute Gasteiger partial charge is 0.308 e. The maximum atomic E-state index is 12.6. The zero-order valence-electron chi connectivity index (χ0n) is 38.4. The number of aliphatic carboxylic acids is 1. The first-order valence-electron chi connectivity index (χ1n) is 22.5. The van der Waals surface area contributed by atoms with E-state index in [1.54, 1.807) is 0 Å². The Labute approximate surface area is 357 Å². The molecule has 0 amide bonds. The number of aromatic nitrogens is 6. The largest absolute Gasteiger partial charge is 0.481 e. The van der Waals surface area contributed by atoms with Crippen LogP contribution in [0.2, 0.25) is 0 Å². The van der Waals surface area contributed by atoms with Crippen molar-refractivity contribution in [3.8, 4) is 0 Å². The topological polar surface area (TPSA) is 178 Å². The summed E-state index contributed by atoms with van der Waals surface area (Å²) in [5.74, 6) is 1.48. The van der Waals surface area contributed by atoms with Gasteiger partial charge in [0, 0.05) is 36.5 Å². The van der Waals surface area contributed by atoms with Gasteiger partial charge in [0.15, 0.2) is 0 Å². The summed E-state index contributed by atoms with van der Waals surface area (Å²) in [7, 11) is 2.74. The second kappa shape index (κ2) is 19.5. The van der Waals surface area contributed by atoms with Gasteiger partial charge in [-0.1, -0.05) is 52.0 Å². The molecule has 4 aliphatic rings. The summed E-state index contributed by atoms with van der Waals surface area (Å²) in [6, 6.07) is -0.620. The van der Waals surface area contributed by atoms with Crippen LogP contribution in [0.3, 0.4) is 0 Å². The molecule has 0 aromatic carbocycles. The molecule has 2 heterocycles. The Morgan fingerprint density at radius 1 is 0.617 bits per heavy atom. The lowest BCUT2D eigenvalue weighted by molar-refractivity contribution is -0.156. The summed E-state index contributed by atoms with van der Waals surface area (Å²) < 4.78 is 18.9. The zero-order valence-corrected chi connectivity index (χ0v) is 38.4. The Morgan fingerprint density at radius 2 is 1.00 bits per heavy atom. The van der Waals surface area contributed by atoms with Crippen molar-refractivity contribution >= 4 is 23.9 Å². The van der Waals surface area contributed by atoms with Gasteiger partial charge >= 0.3 is 23.9 Å². The minimum absolute atomic E-state index is 0.0587. The molecule has 4 aliphatic carbocycles. The predicted octanol–water partition coefficient (Wildman–Crippen LogP) is 9.37. The number of esters is 3. The third-order valence-electron chi connectivity index (χ3n) is 12.2. The predicted molar refractivity (Wildman–Crippen MR) is 226 cm³/mol. The molecule has 4 fully saturated rings. The molecule has 1 N–H and O–H groups in total. The maximum absolute atomic E-state index is 12.6. The van der Waals surface area contributed by atoms with Crippen molar-refractivity contribution in [2.45, 2.75) is 206 Å². The van der Waals surface area contributed by atoms with Gasteiger partial charge in [0.25, 0.3) is 0 Å². The molecule has 0 spiro atoms. The van der Waals surface area contributed by atoms with Crippen LogP contribution in [0.4, 0.5) is 0 Å². The second-order valence-corrected chi connectivity index (χ2v) is 21.7. The van der Waals surface area contributed by atoms with Gasteiger partial charge in [0.2, 0.25) is 0 Å². The first kappa shape index (κ1) is 47.2. The third kappa shape index (κ3) is 13.8. The lowest BCUT2D eigenvalue weighted by atomic mass is 9.67. The number of carbonyl (C=O) groups is 4. The van der Waals surface area contributed by atoms with Gasteiger partial charge in [0.05, 0.1) is 61.9 Å². The van der Waals surface area contributed by atoms with E-state index in [2.05, 4.69) is 62.2 Å². The van der Waals surface area contributed by atoms with E-state index < -0.39 is 11.6 Å². The average Bonchev–Trinajstić information content (AvgIpc) is 4.04. The van der Waals surface area contributed by atoms with Crippen LogP contribution in [-0.4, -0.2) is 78.8 Å². The number of hydrogen-bond donors (Lipinski definition) is 1. The van der Waals surface area contributed by atoms with Crippen LogP contribution in [0.5, 0.6) is 0 Å². The van der Waals surface area contributed by atoms with E-state index in [-0.39, 0.29) is 55.7 Å². The molecule has 0 unspecified atom stereocenters. The number of carbonyl (C=O) groups excluding carboxylic acids is 3. The standard InChI is InChI=1S/C25H41N3O4.C21H33N3O4/c1-24(2,3)15-16-12-18(13-16)22-23(17-8-9-17)28(27-26-22)19(10-11-20(29)31-7)14-21(30)32-25(4,5)6;1-21(2,3)12-13-9-15(10-13)19-20(14-5-6-14)24(23-22-19)16(11-17(25)26)7-8-18(27)28-4/h16-19H,8-15H2,1-7H3;13-16H,5-12H2,1-4H3,(H,25,26)/t16?,18?,19-;13?,15?,16-/m00/s1. The first-order chi connectivity index (χ1) is 28.0. The first-order valence-corrected chi connectivity index (χ1v) is 22.5. The van der Waals surface area contributed by atoms with Crippen LogP contribution >= 0.6 is 0 Å². The van der Waals surface area contributed by atoms with Gasteiger partial charge in [-0.05, 0) is 120 Å². The zero-order chi connectivity index (χ0) is 44.2. The monoisotopic (exact) mass is 839 g/mol. The SMILES string of the molecule is COC(=O)CC[C@@H](CC(=O)O)n1nnc(C2CC(CC(C)(C)C)C2)c1C1CC1.COC(=O)CC[C@@H](CC(=O)OC(C)(C)C)n1nnc(C2CC(CC(C)(C)C)C2)c1C1CC1. The van der Waals surface area contributed by atoms with E-state index in [9.17, 15) is 24.3 Å². The molecule has 14 heteroatoms. The van der Waals surface area contributed by atoms with Gasteiger partial charge < -0.3 is 19.3 Å². The number of carboxylic acids is 1. The van der Waals surface area contributed by atoms with Gasteiger partial charge in [-0.25, -0.2) is 9.36 Å². The molecule has 0 aliphatic heterocycles. The molecule has 0 saturated heterocycles. The van der Waals surface area contributed by atoms with Crippen molar-refractivity contribution in [2.24, 2.45) is 22.7 Å². The van der Waals surface area contributed by atoms with E-state index in [0.717, 1.165) is 80.3 Å². The van der Waals surface area contributed by atoms with Crippen LogP contribution in [0.15, 0.2) is 0 Å². The Morgan fingerprint density at radius 3 is 1.32 bits per heavy atom. The Kier molecular flexibility index (Phi) is 15.3. The minimum atomic E-state index is -0.887. The van der Waals surface area contributed by atoms with Gasteiger partial charge in [0.1, 0.15) is 5.60 Å². The molecule has 336 valence electrons. The quantitative estimate of drug-likeness (QED) is 0.111. The third-order valence-corrected chi connectivity index (χ3v) is 12.2. The highest BCUT2D eigenvalue weighted by Crippen LogP contribution is 2.53. The number of rotatable bonds is 18. The minimum Gasteiger partial charge on any atom is -0.481 e. The number of hydrogen-bond acceptors (Lipinski definition) is 11. The fraction of sp³-hybridized carbons (Fsp3) is 0.826. The summed E-state index contributed by atoms with van der Waals surface area (Å²) in [5.41, 5.74) is 4.63. The van der Waals surface area contributed by atoms with E-state index >= 15 is 0 Å². The molecule has 60 heavy (non-hydrogen) atoms.